The highest BCUT2D eigenvalue weighted by atomic mass is 16.1. The van der Waals surface area contributed by atoms with Gasteiger partial charge in [-0.3, -0.25) is 4.79 Å². The van der Waals surface area contributed by atoms with Gasteiger partial charge in [0.25, 0.3) is 0 Å². The van der Waals surface area contributed by atoms with Gasteiger partial charge in [-0.2, -0.15) is 0 Å². The zero-order chi connectivity index (χ0) is 14.5. The monoisotopic (exact) mass is 269 g/mol. The quantitative estimate of drug-likeness (QED) is 0.770. The van der Waals surface area contributed by atoms with Gasteiger partial charge in [-0.1, -0.05) is 33.6 Å². The Morgan fingerprint density at radius 1 is 1.42 bits per heavy atom. The fourth-order valence-corrected chi connectivity index (χ4v) is 2.98. The largest absolute Gasteiger partial charge is 0.353 e. The predicted octanol–water partition coefficient (Wildman–Crippen LogP) is 1.61. The van der Waals surface area contributed by atoms with E-state index in [1.54, 1.807) is 0 Å². The van der Waals surface area contributed by atoms with Crippen LogP contribution in [0.3, 0.4) is 0 Å². The Morgan fingerprint density at radius 2 is 2.11 bits per heavy atom. The first kappa shape index (κ1) is 16.4. The SMILES string of the molecule is CC1CCCC(CNC(=O)CNC(C)C)(N(C)C)C1. The van der Waals surface area contributed by atoms with Crippen LogP contribution in [0.25, 0.3) is 0 Å². The van der Waals surface area contributed by atoms with E-state index in [9.17, 15) is 4.79 Å². The first-order chi connectivity index (χ1) is 8.85. The molecule has 2 unspecified atom stereocenters. The summed E-state index contributed by atoms with van der Waals surface area (Å²) in [5.41, 5.74) is 0.144. The smallest absolute Gasteiger partial charge is 0.234 e. The predicted molar refractivity (Wildman–Crippen MR) is 80.2 cm³/mol. The van der Waals surface area contributed by atoms with Crippen molar-refractivity contribution in [3.8, 4) is 0 Å². The number of hydrogen-bond donors (Lipinski definition) is 2. The highest BCUT2D eigenvalue weighted by Gasteiger charge is 2.37. The number of amides is 1. The normalized spacial score (nSPS) is 27.8. The number of hydrogen-bond acceptors (Lipinski definition) is 3. The van der Waals surface area contributed by atoms with Crippen molar-refractivity contribution in [3.05, 3.63) is 0 Å². The molecule has 0 aromatic carbocycles. The molecule has 1 amide bonds. The van der Waals surface area contributed by atoms with Gasteiger partial charge in [0.2, 0.25) is 5.91 Å². The molecule has 0 radical (unpaired) electrons. The zero-order valence-corrected chi connectivity index (χ0v) is 13.3. The lowest BCUT2D eigenvalue weighted by molar-refractivity contribution is -0.121. The summed E-state index contributed by atoms with van der Waals surface area (Å²) in [5, 5.41) is 6.27. The molecule has 0 aromatic rings. The third kappa shape index (κ3) is 5.11. The van der Waals surface area contributed by atoms with Crippen LogP contribution < -0.4 is 10.6 Å². The van der Waals surface area contributed by atoms with E-state index in [0.29, 0.717) is 12.6 Å². The molecule has 1 saturated carbocycles. The van der Waals surface area contributed by atoms with Gasteiger partial charge in [0.15, 0.2) is 0 Å². The van der Waals surface area contributed by atoms with Crippen molar-refractivity contribution in [3.63, 3.8) is 0 Å². The van der Waals surface area contributed by atoms with Crippen molar-refractivity contribution >= 4 is 5.91 Å². The van der Waals surface area contributed by atoms with Gasteiger partial charge in [0.05, 0.1) is 6.54 Å². The number of rotatable bonds is 6. The van der Waals surface area contributed by atoms with E-state index >= 15 is 0 Å². The average molecular weight is 269 g/mol. The first-order valence-corrected chi connectivity index (χ1v) is 7.53. The molecule has 4 nitrogen and oxygen atoms in total. The molecule has 0 bridgehead atoms. The number of carbonyl (C=O) groups is 1. The van der Waals surface area contributed by atoms with E-state index < -0.39 is 0 Å². The van der Waals surface area contributed by atoms with Crippen LogP contribution in [0.5, 0.6) is 0 Å². The summed E-state index contributed by atoms with van der Waals surface area (Å²) in [6, 6.07) is 0.350. The fourth-order valence-electron chi connectivity index (χ4n) is 2.98. The molecule has 1 aliphatic rings. The van der Waals surface area contributed by atoms with Crippen molar-refractivity contribution in [2.45, 2.75) is 58.0 Å². The molecule has 1 rings (SSSR count). The molecule has 2 N–H and O–H groups in total. The van der Waals surface area contributed by atoms with Gasteiger partial charge in [0.1, 0.15) is 0 Å². The van der Waals surface area contributed by atoms with Crippen LogP contribution in [-0.2, 0) is 4.79 Å². The summed E-state index contributed by atoms with van der Waals surface area (Å²) >= 11 is 0. The van der Waals surface area contributed by atoms with Crippen molar-refractivity contribution in [2.24, 2.45) is 5.92 Å². The van der Waals surface area contributed by atoms with Crippen LogP contribution in [0.1, 0.15) is 46.5 Å². The van der Waals surface area contributed by atoms with Crippen molar-refractivity contribution in [1.82, 2.24) is 15.5 Å². The highest BCUT2D eigenvalue weighted by molar-refractivity contribution is 5.78. The van der Waals surface area contributed by atoms with E-state index in [1.807, 2.05) is 0 Å². The summed E-state index contributed by atoms with van der Waals surface area (Å²) in [6.07, 6.45) is 4.94. The third-order valence-corrected chi connectivity index (χ3v) is 4.30. The lowest BCUT2D eigenvalue weighted by Gasteiger charge is -2.45. The molecule has 1 fully saturated rings. The second-order valence-corrected chi connectivity index (χ2v) is 6.63. The van der Waals surface area contributed by atoms with E-state index in [2.05, 4.69) is 50.4 Å². The topological polar surface area (TPSA) is 44.4 Å². The molecular formula is C15H31N3O. The van der Waals surface area contributed by atoms with Gasteiger partial charge in [-0.25, -0.2) is 0 Å². The maximum Gasteiger partial charge on any atom is 0.234 e. The molecule has 0 aliphatic heterocycles. The molecule has 0 aromatic heterocycles. The van der Waals surface area contributed by atoms with Gasteiger partial charge in [0, 0.05) is 18.1 Å². The maximum atomic E-state index is 11.8. The van der Waals surface area contributed by atoms with Crippen molar-refractivity contribution in [1.29, 1.82) is 0 Å². The van der Waals surface area contributed by atoms with Crippen molar-refractivity contribution in [2.75, 3.05) is 27.2 Å². The molecule has 0 heterocycles. The third-order valence-electron chi connectivity index (χ3n) is 4.30. The number of carbonyl (C=O) groups excluding carboxylic acids is 1. The molecule has 2 atom stereocenters. The number of likely N-dealkylation sites (N-methyl/N-ethyl adjacent to an activating group) is 1. The van der Waals surface area contributed by atoms with Crippen molar-refractivity contribution < 1.29 is 4.79 Å². The minimum absolute atomic E-state index is 0.105. The van der Waals surface area contributed by atoms with Gasteiger partial charge in [-0.05, 0) is 32.9 Å². The lowest BCUT2D eigenvalue weighted by Crippen LogP contribution is -2.55. The lowest BCUT2D eigenvalue weighted by atomic mass is 9.75. The van der Waals surface area contributed by atoms with Crippen LogP contribution in [0.2, 0.25) is 0 Å². The highest BCUT2D eigenvalue weighted by Crippen LogP contribution is 2.35. The van der Waals surface area contributed by atoms with Crippen LogP contribution >= 0.6 is 0 Å². The Labute approximate surface area is 118 Å². The second-order valence-electron chi connectivity index (χ2n) is 6.63. The Bertz CT molecular complexity index is 291. The molecule has 4 heteroatoms. The molecule has 19 heavy (non-hydrogen) atoms. The minimum atomic E-state index is 0.105. The second kappa shape index (κ2) is 7.25. The minimum Gasteiger partial charge on any atom is -0.353 e. The van der Waals surface area contributed by atoms with E-state index in [0.717, 1.165) is 12.5 Å². The summed E-state index contributed by atoms with van der Waals surface area (Å²) in [5.74, 6) is 0.856. The van der Waals surface area contributed by atoms with Crippen LogP contribution in [0, 0.1) is 5.92 Å². The molecule has 0 spiro atoms. The summed E-state index contributed by atoms with van der Waals surface area (Å²) in [4.78, 5) is 14.1. The summed E-state index contributed by atoms with van der Waals surface area (Å²) in [6.45, 7) is 7.61. The Balaban J connectivity index is 2.48. The zero-order valence-electron chi connectivity index (χ0n) is 13.3. The van der Waals surface area contributed by atoms with Crippen LogP contribution in [-0.4, -0.2) is 49.6 Å². The molecular weight excluding hydrogens is 238 g/mol. The molecule has 112 valence electrons. The van der Waals surface area contributed by atoms with Crippen LogP contribution in [0.15, 0.2) is 0 Å². The van der Waals surface area contributed by atoms with Gasteiger partial charge in [-0.15, -0.1) is 0 Å². The van der Waals surface area contributed by atoms with E-state index in [-0.39, 0.29) is 11.4 Å². The van der Waals surface area contributed by atoms with E-state index in [4.69, 9.17) is 0 Å². The number of nitrogens with one attached hydrogen (secondary N) is 2. The standard InChI is InChI=1S/C15H31N3O/c1-12(2)16-10-14(19)17-11-15(18(4)5)8-6-7-13(3)9-15/h12-13,16H,6-11H2,1-5H3,(H,17,19). The Hall–Kier alpha value is -0.610. The molecule has 1 aliphatic carbocycles. The van der Waals surface area contributed by atoms with Gasteiger partial charge < -0.3 is 15.5 Å². The summed E-state index contributed by atoms with van der Waals surface area (Å²) in [7, 11) is 4.27. The Kier molecular flexibility index (Phi) is 6.27. The molecule has 0 saturated heterocycles. The summed E-state index contributed by atoms with van der Waals surface area (Å²) < 4.78 is 0. The number of nitrogens with zero attached hydrogens (tertiary/aromatic N) is 1. The fraction of sp³-hybridized carbons (Fsp3) is 0.933. The Morgan fingerprint density at radius 3 is 2.63 bits per heavy atom. The van der Waals surface area contributed by atoms with Crippen LogP contribution in [0.4, 0.5) is 0 Å². The van der Waals surface area contributed by atoms with Gasteiger partial charge >= 0.3 is 0 Å². The maximum absolute atomic E-state index is 11.8. The van der Waals surface area contributed by atoms with E-state index in [1.165, 1.54) is 25.7 Å². The average Bonchev–Trinajstić information content (AvgIpc) is 2.33. The first-order valence-electron chi connectivity index (χ1n) is 7.53.